The minimum atomic E-state index is 0.0297. The number of rotatable bonds is 4. The van der Waals surface area contributed by atoms with Crippen LogP contribution in [0.2, 0.25) is 0 Å². The monoisotopic (exact) mass is 311 g/mol. The van der Waals surface area contributed by atoms with Gasteiger partial charge < -0.3 is 5.73 Å². The number of thioether (sulfide) groups is 1. The first kappa shape index (κ1) is 14.3. The molecule has 2 heterocycles. The lowest BCUT2D eigenvalue weighted by molar-refractivity contribution is 0.955. The summed E-state index contributed by atoms with van der Waals surface area (Å²) in [5.41, 5.74) is 7.99. The number of hydrogen-bond donors (Lipinski definition) is 2. The minimum absolute atomic E-state index is 0.0297. The largest absolute Gasteiger partial charge is 0.384 e. The van der Waals surface area contributed by atoms with Crippen LogP contribution in [0.15, 0.2) is 19.6 Å². The molecule has 0 saturated heterocycles. The Balaban J connectivity index is 2.40. The Hall–Kier alpha value is -1.12. The molecule has 5 nitrogen and oxygen atoms in total. The van der Waals surface area contributed by atoms with Crippen molar-refractivity contribution in [3.8, 4) is 0 Å². The van der Waals surface area contributed by atoms with Gasteiger partial charge in [0.1, 0.15) is 5.84 Å². The van der Waals surface area contributed by atoms with E-state index in [1.807, 2.05) is 26.2 Å². The van der Waals surface area contributed by atoms with Crippen LogP contribution < -0.4 is 5.73 Å². The van der Waals surface area contributed by atoms with E-state index in [0.29, 0.717) is 5.56 Å². The molecule has 0 spiro atoms. The van der Waals surface area contributed by atoms with Crippen molar-refractivity contribution in [3.05, 3.63) is 23.0 Å². The summed E-state index contributed by atoms with van der Waals surface area (Å²) in [6, 6.07) is 1.93. The lowest BCUT2D eigenvalue weighted by Gasteiger charge is -2.10. The van der Waals surface area contributed by atoms with Gasteiger partial charge in [0.25, 0.3) is 0 Å². The predicted octanol–water partition coefficient (Wildman–Crippen LogP) is 2.71. The number of pyridine rings is 1. The summed E-state index contributed by atoms with van der Waals surface area (Å²) in [6.07, 6.45) is 1.97. The second-order valence-electron chi connectivity index (χ2n) is 3.78. The molecule has 2 aromatic rings. The number of hydrogen-bond acceptors (Lipinski definition) is 7. The van der Waals surface area contributed by atoms with E-state index in [0.717, 1.165) is 25.0 Å². The van der Waals surface area contributed by atoms with Crippen LogP contribution in [0.25, 0.3) is 0 Å². The normalized spacial score (nSPS) is 10.7. The Morgan fingerprint density at radius 2 is 2.00 bits per heavy atom. The van der Waals surface area contributed by atoms with E-state index in [-0.39, 0.29) is 5.84 Å². The smallest absolute Gasteiger partial charge is 0.179 e. The molecule has 2 rings (SSSR count). The number of nitrogen functional groups attached to an aromatic ring is 1. The van der Waals surface area contributed by atoms with Gasteiger partial charge in [-0.25, -0.2) is 0 Å². The zero-order chi connectivity index (χ0) is 14.0. The van der Waals surface area contributed by atoms with E-state index in [4.69, 9.17) is 11.1 Å². The second kappa shape index (κ2) is 5.89. The predicted molar refractivity (Wildman–Crippen MR) is 80.5 cm³/mol. The van der Waals surface area contributed by atoms with E-state index < -0.39 is 0 Å². The summed E-state index contributed by atoms with van der Waals surface area (Å²) in [4.78, 5) is 5.25. The molecule has 0 aliphatic carbocycles. The summed E-state index contributed by atoms with van der Waals surface area (Å²) in [6.45, 7) is 3.79. The average molecular weight is 311 g/mol. The molecule has 0 fully saturated rings. The van der Waals surface area contributed by atoms with Crippen molar-refractivity contribution < 1.29 is 0 Å². The third-order valence-corrected chi connectivity index (χ3v) is 5.31. The lowest BCUT2D eigenvalue weighted by Crippen LogP contribution is -2.15. The van der Waals surface area contributed by atoms with E-state index in [1.54, 1.807) is 11.8 Å². The Morgan fingerprint density at radius 1 is 1.32 bits per heavy atom. The number of aryl methyl sites for hydroxylation is 2. The Bertz CT molecular complexity index is 623. The van der Waals surface area contributed by atoms with Crippen LogP contribution in [0, 0.1) is 19.3 Å². The number of aromatic nitrogens is 3. The standard InChI is InChI=1S/C11H13N5S3/c1-5-4-7(8(9(12)13)6(2)14-5)18-11-16-15-10(17-3)19-11/h4H,1-3H3,(H3,12,13). The van der Waals surface area contributed by atoms with Crippen LogP contribution in [0.1, 0.15) is 17.0 Å². The zero-order valence-corrected chi connectivity index (χ0v) is 13.2. The summed E-state index contributed by atoms with van der Waals surface area (Å²) < 4.78 is 1.77. The summed E-state index contributed by atoms with van der Waals surface area (Å²) in [5, 5.41) is 15.9. The molecule has 0 aliphatic rings. The summed E-state index contributed by atoms with van der Waals surface area (Å²) in [5.74, 6) is 0.0297. The Morgan fingerprint density at radius 3 is 2.58 bits per heavy atom. The number of nitrogens with two attached hydrogens (primary N) is 1. The molecule has 0 aromatic carbocycles. The molecule has 8 heteroatoms. The van der Waals surface area contributed by atoms with Gasteiger partial charge in [0.2, 0.25) is 0 Å². The van der Waals surface area contributed by atoms with Gasteiger partial charge in [0, 0.05) is 16.3 Å². The topological polar surface area (TPSA) is 88.5 Å². The van der Waals surface area contributed by atoms with Crippen LogP contribution in [-0.2, 0) is 0 Å². The van der Waals surface area contributed by atoms with Crippen LogP contribution in [0.3, 0.4) is 0 Å². The van der Waals surface area contributed by atoms with Crippen molar-refractivity contribution in [2.75, 3.05) is 6.26 Å². The molecule has 0 aliphatic heterocycles. The molecule has 0 bridgehead atoms. The average Bonchev–Trinajstić information content (AvgIpc) is 2.75. The first-order chi connectivity index (χ1) is 9.01. The molecule has 3 N–H and O–H groups in total. The maximum absolute atomic E-state index is 7.68. The van der Waals surface area contributed by atoms with E-state index >= 15 is 0 Å². The van der Waals surface area contributed by atoms with Crippen LogP contribution in [0.5, 0.6) is 0 Å². The third-order valence-electron chi connectivity index (χ3n) is 2.32. The fourth-order valence-corrected chi connectivity index (χ4v) is 4.31. The molecule has 19 heavy (non-hydrogen) atoms. The lowest BCUT2D eigenvalue weighted by atomic mass is 10.1. The molecule has 0 saturated carbocycles. The molecule has 0 atom stereocenters. The fourth-order valence-electron chi connectivity index (χ4n) is 1.62. The van der Waals surface area contributed by atoms with Crippen molar-refractivity contribution in [1.82, 2.24) is 15.2 Å². The van der Waals surface area contributed by atoms with Gasteiger partial charge in [-0.1, -0.05) is 34.9 Å². The highest BCUT2D eigenvalue weighted by Crippen LogP contribution is 2.35. The SMILES string of the molecule is CSc1nnc(Sc2cc(C)nc(C)c2C(=N)N)s1. The van der Waals surface area contributed by atoms with E-state index in [1.165, 1.54) is 23.1 Å². The van der Waals surface area contributed by atoms with Gasteiger partial charge in [0.15, 0.2) is 8.68 Å². The van der Waals surface area contributed by atoms with Crippen LogP contribution in [-0.4, -0.2) is 27.3 Å². The number of nitrogens with one attached hydrogen (secondary N) is 1. The summed E-state index contributed by atoms with van der Waals surface area (Å²) >= 11 is 4.58. The van der Waals surface area contributed by atoms with Gasteiger partial charge in [-0.05, 0) is 26.2 Å². The molecule has 0 amide bonds. The first-order valence-electron chi connectivity index (χ1n) is 5.39. The van der Waals surface area contributed by atoms with E-state index in [2.05, 4.69) is 15.2 Å². The molecule has 2 aromatic heterocycles. The van der Waals surface area contributed by atoms with Gasteiger partial charge in [0.05, 0.1) is 5.56 Å². The summed E-state index contributed by atoms with van der Waals surface area (Å²) in [7, 11) is 0. The van der Waals surface area contributed by atoms with Crippen molar-refractivity contribution >= 4 is 40.7 Å². The molecular formula is C11H13N5S3. The highest BCUT2D eigenvalue weighted by atomic mass is 32.2. The maximum atomic E-state index is 7.68. The zero-order valence-electron chi connectivity index (χ0n) is 10.7. The molecular weight excluding hydrogens is 298 g/mol. The second-order valence-corrected chi connectivity index (χ2v) is 7.10. The highest BCUT2D eigenvalue weighted by Gasteiger charge is 2.14. The van der Waals surface area contributed by atoms with Gasteiger partial charge >= 0.3 is 0 Å². The fraction of sp³-hybridized carbons (Fsp3) is 0.273. The van der Waals surface area contributed by atoms with E-state index in [9.17, 15) is 0 Å². The minimum Gasteiger partial charge on any atom is -0.384 e. The number of nitrogens with zero attached hydrogens (tertiary/aromatic N) is 3. The van der Waals surface area contributed by atoms with Crippen molar-refractivity contribution in [3.63, 3.8) is 0 Å². The van der Waals surface area contributed by atoms with Crippen LogP contribution in [0.4, 0.5) is 0 Å². The van der Waals surface area contributed by atoms with Crippen molar-refractivity contribution in [2.45, 2.75) is 27.4 Å². The Labute approximate surface area is 123 Å². The van der Waals surface area contributed by atoms with Gasteiger partial charge in [-0.3, -0.25) is 10.4 Å². The molecule has 0 unspecified atom stereocenters. The highest BCUT2D eigenvalue weighted by molar-refractivity contribution is 8.03. The number of amidine groups is 1. The van der Waals surface area contributed by atoms with Gasteiger partial charge in [-0.15, -0.1) is 10.2 Å². The van der Waals surface area contributed by atoms with Gasteiger partial charge in [-0.2, -0.15) is 0 Å². The first-order valence-corrected chi connectivity index (χ1v) is 8.25. The Kier molecular flexibility index (Phi) is 4.43. The molecule has 100 valence electrons. The van der Waals surface area contributed by atoms with Crippen LogP contribution >= 0.6 is 34.9 Å². The third kappa shape index (κ3) is 3.26. The van der Waals surface area contributed by atoms with Crippen molar-refractivity contribution in [2.24, 2.45) is 5.73 Å². The molecule has 0 radical (unpaired) electrons. The maximum Gasteiger partial charge on any atom is 0.179 e. The quantitative estimate of drug-likeness (QED) is 0.513. The van der Waals surface area contributed by atoms with Crippen molar-refractivity contribution in [1.29, 1.82) is 5.41 Å².